The summed E-state index contributed by atoms with van der Waals surface area (Å²) in [4.78, 5) is 0. The fraction of sp³-hybridized carbons (Fsp3) is 0. The van der Waals surface area contributed by atoms with Gasteiger partial charge in [-0.2, -0.15) is 0 Å². The normalized spacial score (nSPS) is 7.20. The minimum atomic E-state index is -0.0764. The summed E-state index contributed by atoms with van der Waals surface area (Å²) in [6, 6.07) is 6.15. The van der Waals surface area contributed by atoms with Crippen LogP contribution >= 0.6 is 0 Å². The topological polar surface area (TPSA) is 72.0 Å². The first-order chi connectivity index (χ1) is 3.80. The zero-order valence-corrected chi connectivity index (χ0v) is 9.45. The molecule has 0 fully saturated rings. The Morgan fingerprint density at radius 3 is 1.40 bits per heavy atom. The van der Waals surface area contributed by atoms with Gasteiger partial charge >= 0.3 is 24.4 Å². The van der Waals surface area contributed by atoms with Crippen LogP contribution in [0.15, 0.2) is 24.3 Å². The van der Waals surface area contributed by atoms with Gasteiger partial charge < -0.3 is 15.7 Å². The molecule has 0 saturated carbocycles. The number of hydrogen-bond acceptors (Lipinski definition) is 2. The summed E-state index contributed by atoms with van der Waals surface area (Å²) >= 11 is 0. The summed E-state index contributed by atoms with van der Waals surface area (Å²) in [5, 5.41) is 17.3. The molecule has 1 rings (SSSR count). The third kappa shape index (κ3) is 2.95. The zero-order chi connectivity index (χ0) is 5.98. The molecule has 10 heavy (non-hydrogen) atoms. The van der Waals surface area contributed by atoms with Gasteiger partial charge in [-0.05, 0) is 12.1 Å². The first kappa shape index (κ1) is 12.3. The number of phenols is 2. The second kappa shape index (κ2) is 5.39. The predicted molar refractivity (Wildman–Crippen MR) is 43.3 cm³/mol. The Morgan fingerprint density at radius 1 is 0.900 bits per heavy atom. The third-order valence-corrected chi connectivity index (χ3v) is 0.882. The van der Waals surface area contributed by atoms with Crippen molar-refractivity contribution in [2.75, 3.05) is 0 Å². The molecule has 1 aromatic rings. The molecule has 0 unspecified atom stereocenters. The van der Waals surface area contributed by atoms with Crippen molar-refractivity contribution >= 4 is 24.4 Å². The van der Waals surface area contributed by atoms with Crippen molar-refractivity contribution in [2.24, 2.45) is 0 Å². The van der Waals surface area contributed by atoms with Crippen LogP contribution in [-0.4, -0.2) is 40.1 Å². The van der Waals surface area contributed by atoms with E-state index in [1.165, 1.54) is 12.1 Å². The van der Waals surface area contributed by atoms with E-state index >= 15 is 0 Å². The fourth-order valence-electron chi connectivity index (χ4n) is 0.464. The number of rotatable bonds is 0. The molecule has 58 valence electrons. The zero-order valence-electron chi connectivity index (χ0n) is 5.41. The Balaban J connectivity index is 0. The van der Waals surface area contributed by atoms with Gasteiger partial charge in [0.15, 0.2) is 11.5 Å². The Labute approximate surface area is 76.1 Å². The summed E-state index contributed by atoms with van der Waals surface area (Å²) in [5.74, 6) is -0.153. The standard InChI is InChI=1S/C6H6O2.H2O.Sb.3H/c7-5-3-1-2-4-6(5)8;;;;;/h1-4,7-8H;1H2;;;;. The third-order valence-electron chi connectivity index (χ3n) is 0.882. The Hall–Kier alpha value is -0.402. The molecule has 4 N–H and O–H groups in total. The maximum absolute atomic E-state index is 8.67. The Morgan fingerprint density at radius 2 is 1.20 bits per heavy atom. The number of hydrogen-bond donors (Lipinski definition) is 2. The molecule has 0 heterocycles. The van der Waals surface area contributed by atoms with Crippen molar-refractivity contribution < 1.29 is 15.7 Å². The molecule has 4 heteroatoms. The van der Waals surface area contributed by atoms with E-state index in [2.05, 4.69) is 0 Å². The molecular formula is C6H11O3Sb. The summed E-state index contributed by atoms with van der Waals surface area (Å²) in [6.07, 6.45) is 0. The van der Waals surface area contributed by atoms with Gasteiger partial charge in [-0.1, -0.05) is 12.1 Å². The monoisotopic (exact) mass is 252 g/mol. The van der Waals surface area contributed by atoms with Crippen molar-refractivity contribution in [1.29, 1.82) is 0 Å². The van der Waals surface area contributed by atoms with Crippen LogP contribution in [0.25, 0.3) is 0 Å². The van der Waals surface area contributed by atoms with Gasteiger partial charge in [0.25, 0.3) is 0 Å². The van der Waals surface area contributed by atoms with Crippen LogP contribution in [0.1, 0.15) is 0 Å². The van der Waals surface area contributed by atoms with E-state index in [1.54, 1.807) is 12.1 Å². The molecule has 0 bridgehead atoms. The van der Waals surface area contributed by atoms with E-state index < -0.39 is 0 Å². The van der Waals surface area contributed by atoms with Gasteiger partial charge in [0.2, 0.25) is 0 Å². The van der Waals surface area contributed by atoms with E-state index in [9.17, 15) is 0 Å². The molecule has 0 aliphatic rings. The average Bonchev–Trinajstić information content (AvgIpc) is 1.77. The van der Waals surface area contributed by atoms with E-state index in [1.807, 2.05) is 0 Å². The van der Waals surface area contributed by atoms with Gasteiger partial charge in [-0.25, -0.2) is 0 Å². The molecule has 0 aromatic heterocycles. The second-order valence-electron chi connectivity index (χ2n) is 1.49. The van der Waals surface area contributed by atoms with Crippen molar-refractivity contribution in [2.45, 2.75) is 0 Å². The van der Waals surface area contributed by atoms with Crippen LogP contribution in [0.2, 0.25) is 0 Å². The SMILES string of the molecule is O.Oc1ccccc1O.[SbH3]. The van der Waals surface area contributed by atoms with E-state index in [-0.39, 0.29) is 41.4 Å². The first-order valence-corrected chi connectivity index (χ1v) is 2.27. The fourth-order valence-corrected chi connectivity index (χ4v) is 0.464. The molecule has 0 spiro atoms. The van der Waals surface area contributed by atoms with Crippen LogP contribution in [0.5, 0.6) is 11.5 Å². The Kier molecular flexibility index (Phi) is 6.62. The van der Waals surface area contributed by atoms with Gasteiger partial charge in [-0.15, -0.1) is 0 Å². The summed E-state index contributed by atoms with van der Waals surface area (Å²) in [6.45, 7) is 0. The van der Waals surface area contributed by atoms with Crippen molar-refractivity contribution in [3.8, 4) is 11.5 Å². The molecule has 0 saturated heterocycles. The molecule has 0 atom stereocenters. The number of para-hydroxylation sites is 2. The number of aromatic hydroxyl groups is 2. The van der Waals surface area contributed by atoms with E-state index in [0.29, 0.717) is 0 Å². The maximum atomic E-state index is 8.67. The molecule has 3 nitrogen and oxygen atoms in total. The quantitative estimate of drug-likeness (QED) is 0.464. The van der Waals surface area contributed by atoms with Gasteiger partial charge in [0.1, 0.15) is 0 Å². The molecule has 0 radical (unpaired) electrons. The summed E-state index contributed by atoms with van der Waals surface area (Å²) < 4.78 is 0. The van der Waals surface area contributed by atoms with Crippen LogP contribution in [0, 0.1) is 0 Å². The summed E-state index contributed by atoms with van der Waals surface area (Å²) in [7, 11) is 0. The van der Waals surface area contributed by atoms with E-state index in [4.69, 9.17) is 10.2 Å². The van der Waals surface area contributed by atoms with Crippen LogP contribution < -0.4 is 0 Å². The number of benzene rings is 1. The van der Waals surface area contributed by atoms with Crippen molar-refractivity contribution in [3.63, 3.8) is 0 Å². The molecule has 0 aliphatic carbocycles. The van der Waals surface area contributed by atoms with Crippen LogP contribution in [0.4, 0.5) is 0 Å². The van der Waals surface area contributed by atoms with Crippen LogP contribution in [-0.2, 0) is 0 Å². The van der Waals surface area contributed by atoms with Crippen molar-refractivity contribution in [1.82, 2.24) is 0 Å². The van der Waals surface area contributed by atoms with E-state index in [0.717, 1.165) is 0 Å². The molecule has 1 aromatic carbocycles. The molecular weight excluding hydrogens is 242 g/mol. The number of phenolic OH excluding ortho intramolecular Hbond substituents is 2. The predicted octanol–water partition coefficient (Wildman–Crippen LogP) is -0.911. The van der Waals surface area contributed by atoms with Gasteiger partial charge in [0.05, 0.1) is 0 Å². The second-order valence-corrected chi connectivity index (χ2v) is 1.49. The van der Waals surface area contributed by atoms with Gasteiger partial charge in [0, 0.05) is 0 Å². The molecule has 0 aliphatic heterocycles. The van der Waals surface area contributed by atoms with Crippen LogP contribution in [0.3, 0.4) is 0 Å². The van der Waals surface area contributed by atoms with Crippen molar-refractivity contribution in [3.05, 3.63) is 24.3 Å². The van der Waals surface area contributed by atoms with Gasteiger partial charge in [-0.3, -0.25) is 0 Å². The molecule has 0 amide bonds. The average molecular weight is 253 g/mol. The summed E-state index contributed by atoms with van der Waals surface area (Å²) in [5.41, 5.74) is 0. The first-order valence-electron chi connectivity index (χ1n) is 2.27. The Bertz CT molecular complexity index is 169. The minimum absolute atomic E-state index is 0.